The summed E-state index contributed by atoms with van der Waals surface area (Å²) in [5.41, 5.74) is -1.29. The Balaban J connectivity index is 1.79. The van der Waals surface area contributed by atoms with Gasteiger partial charge in [-0.05, 0) is 26.2 Å². The number of hydrogen-bond acceptors (Lipinski definition) is 7. The van der Waals surface area contributed by atoms with Gasteiger partial charge in [0.2, 0.25) is 0 Å². The average molecular weight is 469 g/mol. The second-order valence-electron chi connectivity index (χ2n) is 7.09. The van der Waals surface area contributed by atoms with Crippen molar-refractivity contribution in [3.63, 3.8) is 0 Å². The number of alkyl halides is 3. The first kappa shape index (κ1) is 24.5. The van der Waals surface area contributed by atoms with Crippen LogP contribution in [0, 0.1) is 0 Å². The zero-order valence-corrected chi connectivity index (χ0v) is 17.9. The highest BCUT2D eigenvalue weighted by molar-refractivity contribution is 8.01. The van der Waals surface area contributed by atoms with E-state index < -0.39 is 30.3 Å². The maximum atomic E-state index is 12.2. The molecule has 7 nitrogen and oxygen atoms in total. The summed E-state index contributed by atoms with van der Waals surface area (Å²) in [6.45, 7) is 1.98. The van der Waals surface area contributed by atoms with Gasteiger partial charge in [-0.3, -0.25) is 4.90 Å². The number of rotatable bonds is 11. The highest BCUT2D eigenvalue weighted by Crippen LogP contribution is 2.27. The number of thioether (sulfide) groups is 1. The lowest BCUT2D eigenvalue weighted by molar-refractivity contribution is -0.137. The Morgan fingerprint density at radius 3 is 2.83 bits per heavy atom. The van der Waals surface area contributed by atoms with Crippen LogP contribution in [0.3, 0.4) is 0 Å². The van der Waals surface area contributed by atoms with Gasteiger partial charge in [-0.25, -0.2) is 14.6 Å². The largest absolute Gasteiger partial charge is 0.476 e. The number of aromatic carboxylic acids is 1. The van der Waals surface area contributed by atoms with Gasteiger partial charge in [0.25, 0.3) is 0 Å². The third kappa shape index (κ3) is 8.15. The fourth-order valence-corrected chi connectivity index (χ4v) is 4.59. The molecule has 2 N–H and O–H groups in total. The number of halogens is 3. The van der Waals surface area contributed by atoms with Crippen molar-refractivity contribution < 1.29 is 37.7 Å². The first-order valence-electron chi connectivity index (χ1n) is 9.18. The van der Waals surface area contributed by atoms with Gasteiger partial charge in [-0.15, -0.1) is 11.3 Å². The van der Waals surface area contributed by atoms with E-state index in [1.54, 1.807) is 12.2 Å². The molecule has 2 rings (SSSR count). The van der Waals surface area contributed by atoms with Gasteiger partial charge < -0.3 is 14.9 Å². The molecule has 1 aliphatic heterocycles. The van der Waals surface area contributed by atoms with E-state index in [0.29, 0.717) is 16.6 Å². The van der Waals surface area contributed by atoms with E-state index in [4.69, 9.17) is 9.84 Å². The molecule has 1 amide bonds. The summed E-state index contributed by atoms with van der Waals surface area (Å²) < 4.78 is 42.3. The van der Waals surface area contributed by atoms with E-state index in [9.17, 15) is 27.9 Å². The normalized spacial score (nSPS) is 19.3. The van der Waals surface area contributed by atoms with Gasteiger partial charge in [0.05, 0.1) is 11.6 Å². The minimum absolute atomic E-state index is 0.0173. The van der Waals surface area contributed by atoms with Crippen molar-refractivity contribution in [1.29, 1.82) is 0 Å². The number of carbonyl (C=O) groups excluding carboxylic acids is 1. The van der Waals surface area contributed by atoms with Gasteiger partial charge in [-0.1, -0.05) is 23.9 Å². The monoisotopic (exact) mass is 468 g/mol. The first-order valence-corrected chi connectivity index (χ1v) is 11.0. The van der Waals surface area contributed by atoms with Gasteiger partial charge in [0.1, 0.15) is 6.61 Å². The molecule has 1 aliphatic rings. The topological polar surface area (TPSA) is 100.0 Å². The number of cyclic esters (lactones) is 1. The van der Waals surface area contributed by atoms with Crippen LogP contribution >= 0.6 is 23.1 Å². The third-order valence-electron chi connectivity index (χ3n) is 4.36. The lowest BCUT2D eigenvalue weighted by Crippen LogP contribution is -2.34. The quantitative estimate of drug-likeness (QED) is 0.371. The van der Waals surface area contributed by atoms with Gasteiger partial charge in [-0.2, -0.15) is 13.2 Å². The Hall–Kier alpha value is -1.79. The average Bonchev–Trinajstić information content (AvgIpc) is 3.22. The summed E-state index contributed by atoms with van der Waals surface area (Å²) in [5, 5.41) is 20.6. The molecule has 168 valence electrons. The molecule has 0 aliphatic carbocycles. The number of ether oxygens (including phenoxy) is 1. The summed E-state index contributed by atoms with van der Waals surface area (Å²) in [5.74, 6) is -0.609. The van der Waals surface area contributed by atoms with Crippen LogP contribution in [0.25, 0.3) is 0 Å². The number of amides is 1. The minimum Gasteiger partial charge on any atom is -0.476 e. The lowest BCUT2D eigenvalue weighted by atomic mass is 9.94. The standard InChI is InChI=1S/C18H23F3N2O5S2/c1-17(27,6-3-7-18(19,20)21)5-2-4-12-10-28-16(26)23(12)8-9-29-15-22-13(11-30-15)14(24)25/h2,4,11-12,27H,3,5-10H2,1H3,(H,24,25)/t12-,17+/m0/s1. The highest BCUT2D eigenvalue weighted by Gasteiger charge is 2.31. The summed E-state index contributed by atoms with van der Waals surface area (Å²) in [4.78, 5) is 28.2. The Kier molecular flexibility index (Phi) is 8.56. The van der Waals surface area contributed by atoms with Crippen LogP contribution in [-0.4, -0.2) is 68.9 Å². The zero-order chi connectivity index (χ0) is 22.4. The van der Waals surface area contributed by atoms with Crippen molar-refractivity contribution in [2.75, 3.05) is 18.9 Å². The molecule has 1 fully saturated rings. The molecule has 30 heavy (non-hydrogen) atoms. The minimum atomic E-state index is -4.24. The third-order valence-corrected chi connectivity index (χ3v) is 6.37. The number of carboxylic acid groups (broad SMARTS) is 1. The van der Waals surface area contributed by atoms with Crippen molar-refractivity contribution in [2.24, 2.45) is 0 Å². The molecule has 1 aromatic heterocycles. The molecule has 0 unspecified atom stereocenters. The molecular formula is C18H23F3N2O5S2. The van der Waals surface area contributed by atoms with Crippen LogP contribution in [-0.2, 0) is 4.74 Å². The molecule has 2 heterocycles. The molecule has 0 saturated carbocycles. The first-order chi connectivity index (χ1) is 14.0. The number of thiazole rings is 1. The van der Waals surface area contributed by atoms with Crippen molar-refractivity contribution in [3.05, 3.63) is 23.2 Å². The molecule has 1 aromatic rings. The maximum Gasteiger partial charge on any atom is 0.410 e. The summed E-state index contributed by atoms with van der Waals surface area (Å²) in [6.07, 6.45) is -2.26. The van der Waals surface area contributed by atoms with Crippen LogP contribution in [0.1, 0.15) is 43.1 Å². The van der Waals surface area contributed by atoms with E-state index in [1.807, 2.05) is 0 Å². The van der Waals surface area contributed by atoms with E-state index in [-0.39, 0.29) is 37.6 Å². The molecule has 1 saturated heterocycles. The molecule has 0 radical (unpaired) electrons. The van der Waals surface area contributed by atoms with Crippen LogP contribution in [0.5, 0.6) is 0 Å². The van der Waals surface area contributed by atoms with E-state index >= 15 is 0 Å². The Morgan fingerprint density at radius 2 is 2.20 bits per heavy atom. The van der Waals surface area contributed by atoms with E-state index in [1.165, 1.54) is 40.3 Å². The predicted octanol–water partition coefficient (Wildman–Crippen LogP) is 4.18. The molecule has 12 heteroatoms. The predicted molar refractivity (Wildman–Crippen MR) is 106 cm³/mol. The Bertz CT molecular complexity index is 767. The number of carboxylic acids is 1. The molecule has 0 bridgehead atoms. The Morgan fingerprint density at radius 1 is 1.47 bits per heavy atom. The highest BCUT2D eigenvalue weighted by atomic mass is 32.2. The van der Waals surface area contributed by atoms with Gasteiger partial charge >= 0.3 is 18.2 Å². The van der Waals surface area contributed by atoms with E-state index in [0.717, 1.165) is 0 Å². The molecule has 2 atom stereocenters. The maximum absolute atomic E-state index is 12.2. The van der Waals surface area contributed by atoms with Crippen LogP contribution in [0.15, 0.2) is 21.9 Å². The number of nitrogens with zero attached hydrogens (tertiary/aromatic N) is 2. The molecule has 0 spiro atoms. The van der Waals surface area contributed by atoms with Gasteiger partial charge in [0, 0.05) is 24.1 Å². The number of aromatic nitrogens is 1. The summed E-state index contributed by atoms with van der Waals surface area (Å²) in [7, 11) is 0. The number of carbonyl (C=O) groups is 2. The second-order valence-corrected chi connectivity index (χ2v) is 9.29. The van der Waals surface area contributed by atoms with Crippen molar-refractivity contribution in [3.8, 4) is 0 Å². The van der Waals surface area contributed by atoms with Crippen molar-refractivity contribution >= 4 is 35.2 Å². The van der Waals surface area contributed by atoms with Crippen molar-refractivity contribution in [1.82, 2.24) is 9.88 Å². The summed E-state index contributed by atoms with van der Waals surface area (Å²) in [6, 6.07) is -0.338. The lowest BCUT2D eigenvalue weighted by Gasteiger charge is -2.22. The van der Waals surface area contributed by atoms with Crippen LogP contribution < -0.4 is 0 Å². The van der Waals surface area contributed by atoms with Crippen molar-refractivity contribution in [2.45, 2.75) is 54.8 Å². The smallest absolute Gasteiger partial charge is 0.410 e. The SMILES string of the molecule is C[C@@](O)(CC=C[C@H]1COC(=O)N1CCSc1nc(C(=O)O)cs1)CCCC(F)(F)F. The number of hydrogen-bond donors (Lipinski definition) is 2. The molecule has 0 aromatic carbocycles. The molecular weight excluding hydrogens is 445 g/mol. The zero-order valence-electron chi connectivity index (χ0n) is 16.2. The van der Waals surface area contributed by atoms with Crippen LogP contribution in [0.2, 0.25) is 0 Å². The van der Waals surface area contributed by atoms with Crippen LogP contribution in [0.4, 0.5) is 18.0 Å². The van der Waals surface area contributed by atoms with Gasteiger partial charge in [0.15, 0.2) is 10.0 Å². The van der Waals surface area contributed by atoms with E-state index in [2.05, 4.69) is 4.98 Å². The number of aliphatic hydroxyl groups is 1. The second kappa shape index (κ2) is 10.5. The fraction of sp³-hybridized carbons (Fsp3) is 0.611. The summed E-state index contributed by atoms with van der Waals surface area (Å²) >= 11 is 2.54. The Labute approximate surface area is 179 Å². The fourth-order valence-electron chi connectivity index (χ4n) is 2.79.